The predicted molar refractivity (Wildman–Crippen MR) is 112 cm³/mol. The van der Waals surface area contributed by atoms with E-state index < -0.39 is 0 Å². The lowest BCUT2D eigenvalue weighted by Crippen LogP contribution is -2.13. The first kappa shape index (κ1) is 18.2. The van der Waals surface area contributed by atoms with E-state index in [0.717, 1.165) is 16.7 Å². The molecule has 0 fully saturated rings. The fraction of sp³-hybridized carbons (Fsp3) is 0.0417. The quantitative estimate of drug-likeness (QED) is 0.546. The fourth-order valence-corrected chi connectivity index (χ4v) is 3.26. The first-order chi connectivity index (χ1) is 14.2. The van der Waals surface area contributed by atoms with Crippen molar-refractivity contribution in [1.29, 1.82) is 5.26 Å². The van der Waals surface area contributed by atoms with E-state index in [1.807, 2.05) is 77.6 Å². The van der Waals surface area contributed by atoms with E-state index in [0.29, 0.717) is 23.4 Å². The van der Waals surface area contributed by atoms with Gasteiger partial charge in [-0.25, -0.2) is 0 Å². The van der Waals surface area contributed by atoms with Crippen LogP contribution in [0.2, 0.25) is 0 Å². The summed E-state index contributed by atoms with van der Waals surface area (Å²) in [5.41, 5.74) is 4.28. The van der Waals surface area contributed by atoms with E-state index in [9.17, 15) is 10.1 Å². The normalized spacial score (nSPS) is 10.3. The van der Waals surface area contributed by atoms with Crippen molar-refractivity contribution in [1.82, 2.24) is 9.78 Å². The summed E-state index contributed by atoms with van der Waals surface area (Å²) in [6, 6.07) is 26.4. The van der Waals surface area contributed by atoms with Gasteiger partial charge in [0.05, 0.1) is 18.2 Å². The number of amides is 1. The number of aromatic nitrogens is 2. The molecule has 0 radical (unpaired) electrons. The SMILES string of the molecule is N#Cc1ccccc1-c1ccccc1C(=O)Nc1cccc(Cn2cccn2)c1. The molecule has 0 aliphatic heterocycles. The maximum atomic E-state index is 13.0. The van der Waals surface area contributed by atoms with Crippen LogP contribution in [0.5, 0.6) is 0 Å². The lowest BCUT2D eigenvalue weighted by molar-refractivity contribution is 0.102. The van der Waals surface area contributed by atoms with Gasteiger partial charge in [0, 0.05) is 29.2 Å². The summed E-state index contributed by atoms with van der Waals surface area (Å²) >= 11 is 0. The molecule has 0 bridgehead atoms. The highest BCUT2D eigenvalue weighted by Crippen LogP contribution is 2.27. The van der Waals surface area contributed by atoms with Crippen LogP contribution in [0.15, 0.2) is 91.3 Å². The first-order valence-electron chi connectivity index (χ1n) is 9.21. The molecular weight excluding hydrogens is 360 g/mol. The molecule has 0 unspecified atom stereocenters. The molecule has 3 aromatic carbocycles. The number of anilines is 1. The maximum absolute atomic E-state index is 13.0. The van der Waals surface area contributed by atoms with Crippen molar-refractivity contribution in [2.45, 2.75) is 6.54 Å². The number of hydrogen-bond acceptors (Lipinski definition) is 3. The number of rotatable bonds is 5. The zero-order valence-electron chi connectivity index (χ0n) is 15.6. The van der Waals surface area contributed by atoms with Crippen molar-refractivity contribution < 1.29 is 4.79 Å². The topological polar surface area (TPSA) is 70.7 Å². The molecule has 0 aliphatic rings. The zero-order valence-corrected chi connectivity index (χ0v) is 15.6. The number of carbonyl (C=O) groups is 1. The molecule has 140 valence electrons. The van der Waals surface area contributed by atoms with Crippen molar-refractivity contribution in [3.05, 3.63) is 108 Å². The van der Waals surface area contributed by atoms with Gasteiger partial charge in [0.25, 0.3) is 5.91 Å². The van der Waals surface area contributed by atoms with Crippen LogP contribution in [-0.4, -0.2) is 15.7 Å². The summed E-state index contributed by atoms with van der Waals surface area (Å²) in [4.78, 5) is 13.0. The summed E-state index contributed by atoms with van der Waals surface area (Å²) in [6.45, 7) is 0.628. The molecular formula is C24H18N4O. The van der Waals surface area contributed by atoms with Crippen LogP contribution < -0.4 is 5.32 Å². The molecule has 1 aromatic heterocycles. The molecule has 1 amide bonds. The smallest absolute Gasteiger partial charge is 0.256 e. The highest BCUT2D eigenvalue weighted by molar-refractivity contribution is 6.09. The second-order valence-electron chi connectivity index (χ2n) is 6.56. The lowest BCUT2D eigenvalue weighted by Gasteiger charge is -2.12. The Balaban J connectivity index is 1.61. The monoisotopic (exact) mass is 378 g/mol. The van der Waals surface area contributed by atoms with Crippen molar-refractivity contribution in [3.63, 3.8) is 0 Å². The van der Waals surface area contributed by atoms with Crippen LogP contribution in [0.25, 0.3) is 11.1 Å². The van der Waals surface area contributed by atoms with Crippen molar-refractivity contribution in [2.24, 2.45) is 0 Å². The number of hydrogen-bond donors (Lipinski definition) is 1. The number of nitrogens with one attached hydrogen (secondary N) is 1. The van der Waals surface area contributed by atoms with E-state index in [2.05, 4.69) is 16.5 Å². The van der Waals surface area contributed by atoms with Gasteiger partial charge in [-0.3, -0.25) is 9.48 Å². The second kappa shape index (κ2) is 8.24. The largest absolute Gasteiger partial charge is 0.322 e. The van der Waals surface area contributed by atoms with Crippen molar-refractivity contribution >= 4 is 11.6 Å². The average Bonchev–Trinajstić information content (AvgIpc) is 3.27. The van der Waals surface area contributed by atoms with Gasteiger partial charge in [-0.15, -0.1) is 0 Å². The van der Waals surface area contributed by atoms with Gasteiger partial charge < -0.3 is 5.32 Å². The van der Waals surface area contributed by atoms with Crippen LogP contribution >= 0.6 is 0 Å². The molecule has 0 saturated heterocycles. The first-order valence-corrected chi connectivity index (χ1v) is 9.21. The number of nitriles is 1. The molecule has 0 spiro atoms. The van der Waals surface area contributed by atoms with Gasteiger partial charge in [-0.05, 0) is 41.5 Å². The van der Waals surface area contributed by atoms with Crippen LogP contribution in [0.1, 0.15) is 21.5 Å². The highest BCUT2D eigenvalue weighted by Gasteiger charge is 2.15. The maximum Gasteiger partial charge on any atom is 0.256 e. The minimum absolute atomic E-state index is 0.218. The molecule has 4 rings (SSSR count). The van der Waals surface area contributed by atoms with Crippen molar-refractivity contribution in [2.75, 3.05) is 5.32 Å². The van der Waals surface area contributed by atoms with Crippen LogP contribution in [-0.2, 0) is 6.54 Å². The molecule has 4 aromatic rings. The van der Waals surface area contributed by atoms with E-state index in [1.54, 1.807) is 18.3 Å². The molecule has 1 heterocycles. The Morgan fingerprint density at radius 1 is 0.966 bits per heavy atom. The zero-order chi connectivity index (χ0) is 20.1. The number of benzene rings is 3. The third-order valence-electron chi connectivity index (χ3n) is 4.60. The van der Waals surface area contributed by atoms with Crippen LogP contribution in [0, 0.1) is 11.3 Å². The standard InChI is InChI=1S/C24H18N4O/c25-16-19-8-1-2-10-21(19)22-11-3-4-12-23(22)24(29)27-20-9-5-7-18(15-20)17-28-14-6-13-26-28/h1-15H,17H2,(H,27,29). The summed E-state index contributed by atoms with van der Waals surface area (Å²) in [5.74, 6) is -0.218. The minimum atomic E-state index is -0.218. The molecule has 0 atom stereocenters. The highest BCUT2D eigenvalue weighted by atomic mass is 16.1. The van der Waals surface area contributed by atoms with E-state index in [-0.39, 0.29) is 5.91 Å². The summed E-state index contributed by atoms with van der Waals surface area (Å²) in [6.07, 6.45) is 3.63. The molecule has 1 N–H and O–H groups in total. The van der Waals surface area contributed by atoms with Gasteiger partial charge in [-0.1, -0.05) is 48.5 Å². The Labute approximate surface area is 168 Å². The predicted octanol–water partition coefficient (Wildman–Crippen LogP) is 4.72. The summed E-state index contributed by atoms with van der Waals surface area (Å²) in [5, 5.41) is 16.6. The summed E-state index contributed by atoms with van der Waals surface area (Å²) < 4.78 is 1.83. The van der Waals surface area contributed by atoms with Crippen LogP contribution in [0.4, 0.5) is 5.69 Å². The van der Waals surface area contributed by atoms with E-state index >= 15 is 0 Å². The van der Waals surface area contributed by atoms with E-state index in [4.69, 9.17) is 0 Å². The molecule has 5 nitrogen and oxygen atoms in total. The Morgan fingerprint density at radius 3 is 2.55 bits per heavy atom. The molecule has 29 heavy (non-hydrogen) atoms. The minimum Gasteiger partial charge on any atom is -0.322 e. The molecule has 0 aliphatic carbocycles. The average molecular weight is 378 g/mol. The Bertz CT molecular complexity index is 1190. The van der Waals surface area contributed by atoms with Crippen molar-refractivity contribution in [3.8, 4) is 17.2 Å². The number of carbonyl (C=O) groups excluding carboxylic acids is 1. The lowest BCUT2D eigenvalue weighted by atomic mass is 9.95. The Morgan fingerprint density at radius 2 is 1.76 bits per heavy atom. The van der Waals surface area contributed by atoms with Crippen LogP contribution in [0.3, 0.4) is 0 Å². The molecule has 5 heteroatoms. The van der Waals surface area contributed by atoms with Gasteiger partial charge in [-0.2, -0.15) is 10.4 Å². The third-order valence-corrected chi connectivity index (χ3v) is 4.60. The fourth-order valence-electron chi connectivity index (χ4n) is 3.26. The van der Waals surface area contributed by atoms with Gasteiger partial charge in [0.15, 0.2) is 0 Å². The van der Waals surface area contributed by atoms with Gasteiger partial charge in [0.2, 0.25) is 0 Å². The van der Waals surface area contributed by atoms with E-state index in [1.165, 1.54) is 0 Å². The Hall–Kier alpha value is -4.17. The summed E-state index contributed by atoms with van der Waals surface area (Å²) in [7, 11) is 0. The Kier molecular flexibility index (Phi) is 5.17. The number of nitrogens with zero attached hydrogens (tertiary/aromatic N) is 3. The second-order valence-corrected chi connectivity index (χ2v) is 6.56. The third kappa shape index (κ3) is 4.07. The van der Waals surface area contributed by atoms with Gasteiger partial charge >= 0.3 is 0 Å². The molecule has 0 saturated carbocycles. The van der Waals surface area contributed by atoms with Gasteiger partial charge in [0.1, 0.15) is 0 Å².